The van der Waals surface area contributed by atoms with Gasteiger partial charge < -0.3 is 5.32 Å². The van der Waals surface area contributed by atoms with Crippen LogP contribution in [0.25, 0.3) is 22.0 Å². The van der Waals surface area contributed by atoms with Crippen LogP contribution in [0.1, 0.15) is 0 Å². The largest absolute Gasteiger partial charge is 0.388 e. The van der Waals surface area contributed by atoms with E-state index in [2.05, 4.69) is 62.6 Å². The van der Waals surface area contributed by atoms with Gasteiger partial charge in [0.15, 0.2) is 0 Å². The second kappa shape index (κ2) is 5.02. The number of para-hydroxylation sites is 1. The molecule has 0 unspecified atom stereocenters. The summed E-state index contributed by atoms with van der Waals surface area (Å²) in [6.07, 6.45) is 0. The second-order valence-electron chi connectivity index (χ2n) is 4.35. The van der Waals surface area contributed by atoms with E-state index in [0.717, 1.165) is 32.3 Å². The van der Waals surface area contributed by atoms with Gasteiger partial charge in [0, 0.05) is 23.7 Å². The first-order valence-electron chi connectivity index (χ1n) is 6.11. The molecule has 0 fully saturated rings. The molecule has 0 radical (unpaired) electrons. The SMILES string of the molecule is CNc1ccc(-c2cc3ccccc3nc2Br)cc1. The van der Waals surface area contributed by atoms with E-state index in [9.17, 15) is 0 Å². The molecule has 0 saturated carbocycles. The van der Waals surface area contributed by atoms with Crippen molar-refractivity contribution in [3.8, 4) is 11.1 Å². The summed E-state index contributed by atoms with van der Waals surface area (Å²) in [6.45, 7) is 0. The molecule has 1 heterocycles. The average Bonchev–Trinajstić information content (AvgIpc) is 2.47. The maximum absolute atomic E-state index is 4.60. The molecule has 1 N–H and O–H groups in total. The lowest BCUT2D eigenvalue weighted by molar-refractivity contribution is 1.35. The van der Waals surface area contributed by atoms with Gasteiger partial charge in [0.1, 0.15) is 4.60 Å². The third kappa shape index (κ3) is 2.34. The number of halogens is 1. The fourth-order valence-corrected chi connectivity index (χ4v) is 2.65. The molecule has 3 rings (SSSR count). The van der Waals surface area contributed by atoms with Crippen molar-refractivity contribution in [1.82, 2.24) is 4.98 Å². The highest BCUT2D eigenvalue weighted by atomic mass is 79.9. The maximum atomic E-state index is 4.60. The molecular weight excluding hydrogens is 300 g/mol. The van der Waals surface area contributed by atoms with Crippen LogP contribution in [0.4, 0.5) is 5.69 Å². The number of nitrogens with zero attached hydrogens (tertiary/aromatic N) is 1. The molecular formula is C16H13BrN2. The third-order valence-electron chi connectivity index (χ3n) is 3.16. The number of hydrogen-bond acceptors (Lipinski definition) is 2. The van der Waals surface area contributed by atoms with Crippen molar-refractivity contribution in [3.05, 3.63) is 59.2 Å². The summed E-state index contributed by atoms with van der Waals surface area (Å²) in [5, 5.41) is 4.27. The Morgan fingerprint density at radius 3 is 2.47 bits per heavy atom. The van der Waals surface area contributed by atoms with Crippen LogP contribution < -0.4 is 5.32 Å². The Hall–Kier alpha value is -1.87. The first kappa shape index (κ1) is 12.2. The summed E-state index contributed by atoms with van der Waals surface area (Å²) in [5.74, 6) is 0. The van der Waals surface area contributed by atoms with Gasteiger partial charge in [0.2, 0.25) is 0 Å². The summed E-state index contributed by atoms with van der Waals surface area (Å²) < 4.78 is 0.878. The number of hydrogen-bond donors (Lipinski definition) is 1. The predicted molar refractivity (Wildman–Crippen MR) is 84.4 cm³/mol. The van der Waals surface area contributed by atoms with E-state index in [4.69, 9.17) is 0 Å². The standard InChI is InChI=1S/C16H13BrN2/c1-18-13-8-6-11(7-9-13)14-10-12-4-2-3-5-15(12)19-16(14)17/h2-10,18H,1H3. The van der Waals surface area contributed by atoms with Crippen molar-refractivity contribution in [3.63, 3.8) is 0 Å². The van der Waals surface area contributed by atoms with Gasteiger partial charge in [0.05, 0.1) is 5.52 Å². The summed E-state index contributed by atoms with van der Waals surface area (Å²) >= 11 is 3.56. The average molecular weight is 313 g/mol. The zero-order chi connectivity index (χ0) is 13.2. The van der Waals surface area contributed by atoms with Crippen LogP contribution in [-0.4, -0.2) is 12.0 Å². The molecule has 2 aromatic carbocycles. The molecule has 0 atom stereocenters. The minimum Gasteiger partial charge on any atom is -0.388 e. The summed E-state index contributed by atoms with van der Waals surface area (Å²) in [7, 11) is 1.92. The topological polar surface area (TPSA) is 24.9 Å². The molecule has 3 heteroatoms. The molecule has 0 aliphatic carbocycles. The lowest BCUT2D eigenvalue weighted by Gasteiger charge is -2.07. The van der Waals surface area contributed by atoms with Gasteiger partial charge in [0.25, 0.3) is 0 Å². The van der Waals surface area contributed by atoms with E-state index in [1.54, 1.807) is 0 Å². The van der Waals surface area contributed by atoms with Crippen molar-refractivity contribution in [2.24, 2.45) is 0 Å². The fourth-order valence-electron chi connectivity index (χ4n) is 2.11. The minimum absolute atomic E-state index is 0.878. The van der Waals surface area contributed by atoms with Crippen LogP contribution in [-0.2, 0) is 0 Å². The normalized spacial score (nSPS) is 10.6. The number of fused-ring (bicyclic) bond motifs is 1. The zero-order valence-electron chi connectivity index (χ0n) is 10.5. The molecule has 1 aromatic heterocycles. The zero-order valence-corrected chi connectivity index (χ0v) is 12.1. The van der Waals surface area contributed by atoms with Crippen molar-refractivity contribution in [2.45, 2.75) is 0 Å². The molecule has 0 aliphatic rings. The Kier molecular flexibility index (Phi) is 3.22. The number of benzene rings is 2. The smallest absolute Gasteiger partial charge is 0.114 e. The monoisotopic (exact) mass is 312 g/mol. The van der Waals surface area contributed by atoms with Crippen LogP contribution in [0.15, 0.2) is 59.2 Å². The first-order valence-corrected chi connectivity index (χ1v) is 6.91. The number of rotatable bonds is 2. The first-order chi connectivity index (χ1) is 9.28. The van der Waals surface area contributed by atoms with Crippen molar-refractivity contribution < 1.29 is 0 Å². The lowest BCUT2D eigenvalue weighted by atomic mass is 10.1. The Morgan fingerprint density at radius 1 is 1.00 bits per heavy atom. The minimum atomic E-state index is 0.878. The lowest BCUT2D eigenvalue weighted by Crippen LogP contribution is -1.89. The van der Waals surface area contributed by atoms with Crippen molar-refractivity contribution in [2.75, 3.05) is 12.4 Å². The van der Waals surface area contributed by atoms with E-state index in [1.165, 1.54) is 0 Å². The van der Waals surface area contributed by atoms with Crippen LogP contribution in [0.2, 0.25) is 0 Å². The third-order valence-corrected chi connectivity index (χ3v) is 3.77. The van der Waals surface area contributed by atoms with E-state index in [-0.39, 0.29) is 0 Å². The molecule has 94 valence electrons. The summed E-state index contributed by atoms with van der Waals surface area (Å²) in [4.78, 5) is 4.60. The van der Waals surface area contributed by atoms with Crippen LogP contribution in [0, 0.1) is 0 Å². The summed E-state index contributed by atoms with van der Waals surface area (Å²) in [5.41, 5.74) is 4.38. The molecule has 0 bridgehead atoms. The van der Waals surface area contributed by atoms with Crippen LogP contribution in [0.5, 0.6) is 0 Å². The summed E-state index contributed by atoms with van der Waals surface area (Å²) in [6, 6.07) is 18.6. The molecule has 19 heavy (non-hydrogen) atoms. The molecule has 3 aromatic rings. The quantitative estimate of drug-likeness (QED) is 0.693. The van der Waals surface area contributed by atoms with Gasteiger partial charge in [-0.25, -0.2) is 4.98 Å². The number of pyridine rings is 1. The Balaban J connectivity index is 2.15. The van der Waals surface area contributed by atoms with Gasteiger partial charge >= 0.3 is 0 Å². The van der Waals surface area contributed by atoms with Gasteiger partial charge in [-0.1, -0.05) is 30.3 Å². The Labute approximate surface area is 120 Å². The number of anilines is 1. The number of aromatic nitrogens is 1. The second-order valence-corrected chi connectivity index (χ2v) is 5.10. The Morgan fingerprint density at radius 2 is 1.74 bits per heavy atom. The highest BCUT2D eigenvalue weighted by molar-refractivity contribution is 9.10. The van der Waals surface area contributed by atoms with Gasteiger partial charge in [-0.15, -0.1) is 0 Å². The number of nitrogens with one attached hydrogen (secondary N) is 1. The van der Waals surface area contributed by atoms with Gasteiger partial charge in [-0.05, 0) is 45.8 Å². The van der Waals surface area contributed by atoms with E-state index in [1.807, 2.05) is 25.2 Å². The fraction of sp³-hybridized carbons (Fsp3) is 0.0625. The molecule has 0 saturated heterocycles. The highest BCUT2D eigenvalue weighted by Gasteiger charge is 2.06. The van der Waals surface area contributed by atoms with Crippen molar-refractivity contribution >= 4 is 32.5 Å². The van der Waals surface area contributed by atoms with Crippen molar-refractivity contribution in [1.29, 1.82) is 0 Å². The molecule has 0 spiro atoms. The molecule has 2 nitrogen and oxygen atoms in total. The Bertz CT molecular complexity index is 720. The maximum Gasteiger partial charge on any atom is 0.114 e. The molecule has 0 aliphatic heterocycles. The van der Waals surface area contributed by atoms with Crippen LogP contribution in [0.3, 0.4) is 0 Å². The van der Waals surface area contributed by atoms with E-state index < -0.39 is 0 Å². The van der Waals surface area contributed by atoms with Gasteiger partial charge in [-0.3, -0.25) is 0 Å². The van der Waals surface area contributed by atoms with Crippen LogP contribution >= 0.6 is 15.9 Å². The van der Waals surface area contributed by atoms with E-state index >= 15 is 0 Å². The van der Waals surface area contributed by atoms with Gasteiger partial charge in [-0.2, -0.15) is 0 Å². The van der Waals surface area contributed by atoms with E-state index in [0.29, 0.717) is 0 Å². The predicted octanol–water partition coefficient (Wildman–Crippen LogP) is 4.71. The highest BCUT2D eigenvalue weighted by Crippen LogP contribution is 2.30. The molecule has 0 amide bonds.